The van der Waals surface area contributed by atoms with E-state index in [0.29, 0.717) is 44.3 Å². The first-order chi connectivity index (χ1) is 16.6. The monoisotopic (exact) mass is 508 g/mol. The third kappa shape index (κ3) is 5.16. The van der Waals surface area contributed by atoms with E-state index in [1.54, 1.807) is 6.20 Å². The fraction of sp³-hybridized carbons (Fsp3) is 0.500. The molecule has 0 N–H and O–H groups in total. The molecule has 0 amide bonds. The molecule has 0 saturated carbocycles. The Kier molecular flexibility index (Phi) is 6.25. The first kappa shape index (κ1) is 24.1. The maximum absolute atomic E-state index is 12.8. The van der Waals surface area contributed by atoms with Crippen molar-refractivity contribution in [2.75, 3.05) is 37.3 Å². The number of aromatic nitrogens is 2. The van der Waals surface area contributed by atoms with Crippen molar-refractivity contribution in [1.82, 2.24) is 14.3 Å². The summed E-state index contributed by atoms with van der Waals surface area (Å²) in [6.45, 7) is 2.24. The summed E-state index contributed by atoms with van der Waals surface area (Å²) in [7, 11) is -3.19. The van der Waals surface area contributed by atoms with Crippen LogP contribution in [0.3, 0.4) is 0 Å². The summed E-state index contributed by atoms with van der Waals surface area (Å²) >= 11 is 0. The van der Waals surface area contributed by atoms with E-state index in [1.807, 2.05) is 11.0 Å². The maximum Gasteiger partial charge on any atom is 0.417 e. The number of ether oxygens (including phenoxy) is 1. The molecule has 0 spiro atoms. The van der Waals surface area contributed by atoms with Gasteiger partial charge in [0.15, 0.2) is 0 Å². The minimum Gasteiger partial charge on any atom is -0.488 e. The third-order valence-corrected chi connectivity index (χ3v) is 8.35. The number of fused-ring (bicyclic) bond motifs is 1. The number of halogens is 3. The number of pyridine rings is 2. The summed E-state index contributed by atoms with van der Waals surface area (Å²) in [6.07, 6.45) is 4.62. The highest BCUT2D eigenvalue weighted by atomic mass is 32.2. The number of hydrogen-bond acceptors (Lipinski definition) is 6. The van der Waals surface area contributed by atoms with E-state index < -0.39 is 21.8 Å². The molecule has 1 saturated heterocycles. The Bertz CT molecular complexity index is 1220. The van der Waals surface area contributed by atoms with Crippen LogP contribution in [0.2, 0.25) is 0 Å². The summed E-state index contributed by atoms with van der Waals surface area (Å²) in [5, 5.41) is 0. The highest BCUT2D eigenvalue weighted by Crippen LogP contribution is 2.37. The van der Waals surface area contributed by atoms with Gasteiger partial charge < -0.3 is 9.64 Å². The van der Waals surface area contributed by atoms with Crippen molar-refractivity contribution in [3.8, 4) is 5.75 Å². The van der Waals surface area contributed by atoms with Gasteiger partial charge in [0, 0.05) is 44.4 Å². The molecule has 7 nitrogen and oxygen atoms in total. The van der Waals surface area contributed by atoms with Gasteiger partial charge in [-0.15, -0.1) is 0 Å². The molecular weight excluding hydrogens is 481 g/mol. The molecule has 0 unspecified atom stereocenters. The highest BCUT2D eigenvalue weighted by Gasteiger charge is 2.35. The molecule has 0 aliphatic carbocycles. The number of nitrogens with zero attached hydrogens (tertiary/aromatic N) is 4. The molecule has 0 aromatic carbocycles. The van der Waals surface area contributed by atoms with Crippen LogP contribution in [0.15, 0.2) is 36.7 Å². The zero-order valence-electron chi connectivity index (χ0n) is 19.3. The van der Waals surface area contributed by atoms with Crippen molar-refractivity contribution in [2.45, 2.75) is 38.0 Å². The van der Waals surface area contributed by atoms with Crippen LogP contribution in [0.4, 0.5) is 19.0 Å². The predicted octanol–water partition coefficient (Wildman–Crippen LogP) is 3.76. The van der Waals surface area contributed by atoms with Gasteiger partial charge in [0.05, 0.1) is 23.7 Å². The largest absolute Gasteiger partial charge is 0.488 e. The lowest BCUT2D eigenvalue weighted by Gasteiger charge is -2.35. The Morgan fingerprint density at radius 3 is 2.46 bits per heavy atom. The normalized spacial score (nSPS) is 22.0. The number of sulfonamides is 1. The summed E-state index contributed by atoms with van der Waals surface area (Å²) in [5.41, 5.74) is 2.29. The van der Waals surface area contributed by atoms with Gasteiger partial charge in [-0.3, -0.25) is 4.98 Å². The van der Waals surface area contributed by atoms with Crippen LogP contribution in [0.1, 0.15) is 36.1 Å². The topological polar surface area (TPSA) is 75.6 Å². The molecule has 1 atom stereocenters. The van der Waals surface area contributed by atoms with Gasteiger partial charge in [-0.25, -0.2) is 13.4 Å². The predicted molar refractivity (Wildman–Crippen MR) is 126 cm³/mol. The quantitative estimate of drug-likeness (QED) is 0.626. The minimum atomic E-state index is -4.38. The minimum absolute atomic E-state index is 0.0471. The molecule has 2 aromatic rings. The van der Waals surface area contributed by atoms with E-state index in [0.717, 1.165) is 54.1 Å². The van der Waals surface area contributed by atoms with E-state index in [9.17, 15) is 21.6 Å². The van der Waals surface area contributed by atoms with Crippen molar-refractivity contribution in [3.63, 3.8) is 0 Å². The lowest BCUT2D eigenvalue weighted by molar-refractivity contribution is -0.137. The fourth-order valence-electron chi connectivity index (χ4n) is 5.04. The molecule has 3 aliphatic heterocycles. The molecule has 1 fully saturated rings. The van der Waals surface area contributed by atoms with E-state index >= 15 is 0 Å². The van der Waals surface area contributed by atoms with Crippen molar-refractivity contribution >= 4 is 21.4 Å². The van der Waals surface area contributed by atoms with Crippen LogP contribution in [0.25, 0.3) is 5.57 Å². The lowest BCUT2D eigenvalue weighted by Crippen LogP contribution is -2.39. The van der Waals surface area contributed by atoms with Gasteiger partial charge >= 0.3 is 6.18 Å². The third-order valence-electron chi connectivity index (χ3n) is 7.08. The van der Waals surface area contributed by atoms with Crippen LogP contribution in [0.5, 0.6) is 5.75 Å². The van der Waals surface area contributed by atoms with Crippen LogP contribution >= 0.6 is 0 Å². The average Bonchev–Trinajstić information content (AvgIpc) is 3.27. The summed E-state index contributed by atoms with van der Waals surface area (Å²) in [4.78, 5) is 10.6. The van der Waals surface area contributed by atoms with E-state index in [-0.39, 0.29) is 6.10 Å². The first-order valence-electron chi connectivity index (χ1n) is 11.7. The SMILES string of the molecule is CS(=O)(=O)N1CC=C(c2cc3c(cn2)O[C@@H](C2CCN(c4ccc(C(F)(F)F)cn4)CC2)C3)CC1. The van der Waals surface area contributed by atoms with Crippen molar-refractivity contribution < 1.29 is 26.3 Å². The first-order valence-corrected chi connectivity index (χ1v) is 13.5. The number of anilines is 1. The second kappa shape index (κ2) is 9.09. The van der Waals surface area contributed by atoms with Gasteiger partial charge in [0.25, 0.3) is 0 Å². The zero-order valence-corrected chi connectivity index (χ0v) is 20.1. The molecule has 2 aromatic heterocycles. The molecule has 11 heteroatoms. The van der Waals surface area contributed by atoms with E-state index in [2.05, 4.69) is 16.0 Å². The Balaban J connectivity index is 1.18. The molecule has 0 radical (unpaired) electrons. The highest BCUT2D eigenvalue weighted by molar-refractivity contribution is 7.88. The molecule has 5 rings (SSSR count). The summed E-state index contributed by atoms with van der Waals surface area (Å²) in [6, 6.07) is 4.57. The van der Waals surface area contributed by atoms with Crippen LogP contribution < -0.4 is 9.64 Å². The zero-order chi connectivity index (χ0) is 24.8. The van der Waals surface area contributed by atoms with E-state index in [1.165, 1.54) is 16.6 Å². The van der Waals surface area contributed by atoms with Crippen LogP contribution in [-0.4, -0.2) is 61.2 Å². The summed E-state index contributed by atoms with van der Waals surface area (Å²) in [5.74, 6) is 1.70. The second-order valence-corrected chi connectivity index (χ2v) is 11.3. The Hall–Kier alpha value is -2.66. The van der Waals surface area contributed by atoms with Crippen molar-refractivity contribution in [3.05, 3.63) is 53.5 Å². The van der Waals surface area contributed by atoms with Gasteiger partial charge in [-0.1, -0.05) is 6.08 Å². The van der Waals surface area contributed by atoms with Crippen LogP contribution in [0, 0.1) is 5.92 Å². The smallest absolute Gasteiger partial charge is 0.417 e. The number of rotatable bonds is 4. The molecule has 35 heavy (non-hydrogen) atoms. The molecule has 188 valence electrons. The maximum atomic E-state index is 12.8. The lowest BCUT2D eigenvalue weighted by atomic mass is 9.89. The van der Waals surface area contributed by atoms with E-state index in [4.69, 9.17) is 4.74 Å². The summed E-state index contributed by atoms with van der Waals surface area (Å²) < 4.78 is 69.5. The van der Waals surface area contributed by atoms with Gasteiger partial charge in [-0.05, 0) is 49.0 Å². The van der Waals surface area contributed by atoms with Gasteiger partial charge in [0.2, 0.25) is 10.0 Å². The molecule has 0 bridgehead atoms. The van der Waals surface area contributed by atoms with Crippen LogP contribution in [-0.2, 0) is 22.6 Å². The molecule has 3 aliphatic rings. The number of piperidine rings is 1. The van der Waals surface area contributed by atoms with Gasteiger partial charge in [-0.2, -0.15) is 17.5 Å². The van der Waals surface area contributed by atoms with Gasteiger partial charge in [0.1, 0.15) is 17.7 Å². The number of alkyl halides is 3. The Labute approximate surface area is 202 Å². The molecular formula is C24H27F3N4O3S. The molecule has 5 heterocycles. The Morgan fingerprint density at radius 2 is 1.86 bits per heavy atom. The van der Waals surface area contributed by atoms with Crippen molar-refractivity contribution in [2.24, 2.45) is 5.92 Å². The van der Waals surface area contributed by atoms with Crippen molar-refractivity contribution in [1.29, 1.82) is 0 Å². The Morgan fingerprint density at radius 1 is 1.09 bits per heavy atom. The fourth-order valence-corrected chi connectivity index (χ4v) is 5.80. The standard InChI is InChI=1S/C24H27F3N4O3S/c1-35(32,33)31-10-6-16(7-11-31)20-12-18-13-21(34-22(18)15-28-20)17-4-8-30(9-5-17)23-3-2-19(14-29-23)24(25,26)27/h2-3,6,12,14-15,17,21H,4-5,7-11,13H2,1H3/t21-/m1/s1. The number of hydrogen-bond donors (Lipinski definition) is 0. The second-order valence-electron chi connectivity index (χ2n) is 9.37. The average molecular weight is 509 g/mol.